The second-order valence-electron chi connectivity index (χ2n) is 6.74. The minimum absolute atomic E-state index is 0.0855. The Morgan fingerprint density at radius 2 is 1.66 bits per heavy atom. The Morgan fingerprint density at radius 1 is 0.966 bits per heavy atom. The van der Waals surface area contributed by atoms with E-state index in [4.69, 9.17) is 4.42 Å². The Morgan fingerprint density at radius 3 is 2.38 bits per heavy atom. The number of aromatic nitrogens is 3. The highest BCUT2D eigenvalue weighted by Gasteiger charge is 2.17. The Hall–Kier alpha value is -3.51. The minimum atomic E-state index is -0.0855. The number of aryl methyl sites for hydroxylation is 1. The molecule has 0 amide bonds. The minimum Gasteiger partial charge on any atom is -0.439 e. The van der Waals surface area contributed by atoms with Crippen LogP contribution in [-0.2, 0) is 6.54 Å². The van der Waals surface area contributed by atoms with Gasteiger partial charge in [-0.3, -0.25) is 9.36 Å². The molecule has 6 heteroatoms. The van der Waals surface area contributed by atoms with Gasteiger partial charge in [0.15, 0.2) is 5.76 Å². The third-order valence-corrected chi connectivity index (χ3v) is 5.85. The Labute approximate surface area is 170 Å². The Kier molecular flexibility index (Phi) is 4.33. The van der Waals surface area contributed by atoms with Crippen LogP contribution in [0, 0.1) is 6.92 Å². The van der Waals surface area contributed by atoms with Crippen LogP contribution < -0.4 is 5.56 Å². The molecule has 0 spiro atoms. The molecule has 2 aromatic carbocycles. The number of nitrogens with zero attached hydrogens (tertiary/aromatic N) is 3. The first-order valence-electron chi connectivity index (χ1n) is 9.25. The van der Waals surface area contributed by atoms with E-state index < -0.39 is 0 Å². The van der Waals surface area contributed by atoms with E-state index in [1.54, 1.807) is 28.4 Å². The summed E-state index contributed by atoms with van der Waals surface area (Å²) in [6, 6.07) is 19.7. The molecule has 5 nitrogen and oxygen atoms in total. The molecule has 0 aliphatic rings. The highest BCUT2D eigenvalue weighted by molar-refractivity contribution is 7.19. The fraction of sp³-hybridized carbons (Fsp3) is 0.0870. The van der Waals surface area contributed by atoms with Crippen molar-refractivity contribution in [2.24, 2.45) is 0 Å². The monoisotopic (exact) mass is 399 g/mol. The molecule has 0 aliphatic carbocycles. The van der Waals surface area contributed by atoms with Gasteiger partial charge in [0.2, 0.25) is 5.89 Å². The van der Waals surface area contributed by atoms with Crippen LogP contribution in [0.15, 0.2) is 82.4 Å². The summed E-state index contributed by atoms with van der Waals surface area (Å²) >= 11 is 1.54. The van der Waals surface area contributed by atoms with Crippen LogP contribution in [0.2, 0.25) is 0 Å². The molecule has 0 saturated carbocycles. The van der Waals surface area contributed by atoms with Gasteiger partial charge in [-0.05, 0) is 12.5 Å². The van der Waals surface area contributed by atoms with Crippen LogP contribution in [0.4, 0.5) is 0 Å². The first kappa shape index (κ1) is 17.6. The zero-order valence-electron chi connectivity index (χ0n) is 15.7. The lowest BCUT2D eigenvalue weighted by atomic mass is 10.0. The van der Waals surface area contributed by atoms with Gasteiger partial charge in [-0.2, -0.15) is 0 Å². The number of benzene rings is 2. The fourth-order valence-electron chi connectivity index (χ4n) is 3.47. The van der Waals surface area contributed by atoms with Gasteiger partial charge in [0.05, 0.1) is 17.9 Å². The maximum absolute atomic E-state index is 13.3. The van der Waals surface area contributed by atoms with E-state index in [9.17, 15) is 4.79 Å². The predicted molar refractivity (Wildman–Crippen MR) is 115 cm³/mol. The van der Waals surface area contributed by atoms with Crippen molar-refractivity contribution in [1.82, 2.24) is 14.5 Å². The van der Waals surface area contributed by atoms with Crippen molar-refractivity contribution < 1.29 is 4.42 Å². The van der Waals surface area contributed by atoms with Gasteiger partial charge in [-0.1, -0.05) is 60.7 Å². The molecule has 0 atom stereocenters. The number of rotatable bonds is 4. The highest BCUT2D eigenvalue weighted by atomic mass is 32.1. The van der Waals surface area contributed by atoms with Gasteiger partial charge >= 0.3 is 0 Å². The largest absolute Gasteiger partial charge is 0.439 e. The van der Waals surface area contributed by atoms with Crippen molar-refractivity contribution in [3.63, 3.8) is 0 Å². The van der Waals surface area contributed by atoms with Gasteiger partial charge in [0, 0.05) is 16.0 Å². The molecule has 3 aromatic heterocycles. The van der Waals surface area contributed by atoms with Crippen molar-refractivity contribution in [3.05, 3.63) is 94.3 Å². The third kappa shape index (κ3) is 3.17. The molecule has 0 saturated heterocycles. The highest BCUT2D eigenvalue weighted by Crippen LogP contribution is 2.35. The molecule has 0 fully saturated rings. The zero-order chi connectivity index (χ0) is 19.8. The van der Waals surface area contributed by atoms with Gasteiger partial charge in [-0.15, -0.1) is 11.3 Å². The molecule has 0 unspecified atom stereocenters. The summed E-state index contributed by atoms with van der Waals surface area (Å²) in [5, 5.41) is 0.649. The molecule has 142 valence electrons. The number of thiophene rings is 1. The standard InChI is InChI=1S/C23H17N3O2S/c1-15-20(17-10-6-3-7-11-17)21-22(29-15)25-14-26(23(21)27)13-19-24-12-18(28-19)16-8-4-2-5-9-16/h2-12,14H,13H2,1H3. The lowest BCUT2D eigenvalue weighted by Crippen LogP contribution is -2.21. The van der Waals surface area contributed by atoms with Crippen molar-refractivity contribution in [1.29, 1.82) is 0 Å². The van der Waals surface area contributed by atoms with Crippen molar-refractivity contribution in [2.75, 3.05) is 0 Å². The van der Waals surface area contributed by atoms with E-state index in [1.165, 1.54) is 0 Å². The molecule has 5 rings (SSSR count). The molecule has 5 aromatic rings. The zero-order valence-corrected chi connectivity index (χ0v) is 16.5. The average Bonchev–Trinajstić information content (AvgIpc) is 3.36. The normalized spacial score (nSPS) is 11.2. The lowest BCUT2D eigenvalue weighted by Gasteiger charge is -2.05. The third-order valence-electron chi connectivity index (χ3n) is 4.83. The molecule has 0 N–H and O–H groups in total. The summed E-state index contributed by atoms with van der Waals surface area (Å²) in [5.41, 5.74) is 2.84. The first-order valence-corrected chi connectivity index (χ1v) is 10.1. The molecular formula is C23H17N3O2S. The molecule has 0 radical (unpaired) electrons. The number of oxazole rings is 1. The summed E-state index contributed by atoms with van der Waals surface area (Å²) in [6.45, 7) is 2.26. The van der Waals surface area contributed by atoms with Crippen LogP contribution in [0.3, 0.4) is 0 Å². The van der Waals surface area contributed by atoms with Crippen LogP contribution in [-0.4, -0.2) is 14.5 Å². The second kappa shape index (κ2) is 7.14. The van der Waals surface area contributed by atoms with Crippen LogP contribution in [0.1, 0.15) is 10.8 Å². The molecule has 3 heterocycles. The van der Waals surface area contributed by atoms with Crippen molar-refractivity contribution >= 4 is 21.6 Å². The van der Waals surface area contributed by atoms with Crippen molar-refractivity contribution in [3.8, 4) is 22.5 Å². The maximum atomic E-state index is 13.3. The molecular weight excluding hydrogens is 382 g/mol. The molecule has 29 heavy (non-hydrogen) atoms. The fourth-order valence-corrected chi connectivity index (χ4v) is 4.47. The van der Waals surface area contributed by atoms with Gasteiger partial charge < -0.3 is 4.42 Å². The van der Waals surface area contributed by atoms with E-state index >= 15 is 0 Å². The van der Waals surface area contributed by atoms with Crippen LogP contribution in [0.5, 0.6) is 0 Å². The van der Waals surface area contributed by atoms with E-state index in [2.05, 4.69) is 9.97 Å². The molecule has 0 aliphatic heterocycles. The van der Waals surface area contributed by atoms with Gasteiger partial charge in [-0.25, -0.2) is 9.97 Å². The van der Waals surface area contributed by atoms with Gasteiger partial charge in [0.25, 0.3) is 5.56 Å². The lowest BCUT2D eigenvalue weighted by molar-refractivity contribution is 0.484. The smallest absolute Gasteiger partial charge is 0.263 e. The maximum Gasteiger partial charge on any atom is 0.263 e. The Balaban J connectivity index is 1.56. The topological polar surface area (TPSA) is 60.9 Å². The first-order chi connectivity index (χ1) is 14.2. The quantitative estimate of drug-likeness (QED) is 0.420. The number of hydrogen-bond donors (Lipinski definition) is 0. The van der Waals surface area contributed by atoms with E-state index in [0.29, 0.717) is 17.0 Å². The average molecular weight is 399 g/mol. The SMILES string of the molecule is Cc1sc2ncn(Cc3ncc(-c4ccccc4)o3)c(=O)c2c1-c1ccccc1. The number of hydrogen-bond acceptors (Lipinski definition) is 5. The van der Waals surface area contributed by atoms with E-state index in [-0.39, 0.29) is 12.1 Å². The summed E-state index contributed by atoms with van der Waals surface area (Å²) < 4.78 is 7.42. The predicted octanol–water partition coefficient (Wildman–Crippen LogP) is 5.14. The summed E-state index contributed by atoms with van der Waals surface area (Å²) in [7, 11) is 0. The van der Waals surface area contributed by atoms with Gasteiger partial charge in [0.1, 0.15) is 11.4 Å². The number of fused-ring (bicyclic) bond motifs is 1. The summed E-state index contributed by atoms with van der Waals surface area (Å²) in [6.07, 6.45) is 3.26. The van der Waals surface area contributed by atoms with Crippen LogP contribution >= 0.6 is 11.3 Å². The second-order valence-corrected chi connectivity index (χ2v) is 7.94. The van der Waals surface area contributed by atoms with Crippen molar-refractivity contribution in [2.45, 2.75) is 13.5 Å². The summed E-state index contributed by atoms with van der Waals surface area (Å²) in [5.74, 6) is 1.15. The van der Waals surface area contributed by atoms with Crippen LogP contribution in [0.25, 0.3) is 32.7 Å². The van der Waals surface area contributed by atoms with E-state index in [0.717, 1.165) is 26.4 Å². The molecule has 0 bridgehead atoms. The summed E-state index contributed by atoms with van der Waals surface area (Å²) in [4.78, 5) is 24.0. The van der Waals surface area contributed by atoms with E-state index in [1.807, 2.05) is 67.6 Å². The Bertz CT molecular complexity index is 1350.